The molecular weight excluding hydrogens is 394 g/mol. The largest absolute Gasteiger partial charge is 0.379 e. The fraction of sp³-hybridized carbons (Fsp3) is 0.536. The second-order valence-corrected chi connectivity index (χ2v) is 10.6. The Labute approximate surface area is 192 Å². The van der Waals surface area contributed by atoms with Gasteiger partial charge in [0.1, 0.15) is 0 Å². The molecule has 4 aliphatic rings. The Hall–Kier alpha value is -2.01. The molecule has 2 aliphatic carbocycles. The van der Waals surface area contributed by atoms with Crippen molar-refractivity contribution in [2.45, 2.75) is 31.6 Å². The second kappa shape index (κ2) is 8.74. The van der Waals surface area contributed by atoms with Gasteiger partial charge in [-0.15, -0.1) is 0 Å². The Bertz CT molecular complexity index is 974. The van der Waals surface area contributed by atoms with Crippen LogP contribution in [0.25, 0.3) is 17.3 Å². The number of fused-ring (bicyclic) bond motifs is 3. The Balaban J connectivity index is 1.20. The summed E-state index contributed by atoms with van der Waals surface area (Å²) in [5.74, 6) is 2.49. The number of nitrogens with zero attached hydrogens (tertiary/aromatic N) is 3. The molecule has 3 fully saturated rings. The van der Waals surface area contributed by atoms with Crippen molar-refractivity contribution in [1.29, 1.82) is 0 Å². The summed E-state index contributed by atoms with van der Waals surface area (Å²) in [4.78, 5) is 9.87. The molecule has 2 aromatic rings. The molecule has 0 spiro atoms. The van der Waals surface area contributed by atoms with Gasteiger partial charge in [0, 0.05) is 50.0 Å². The van der Waals surface area contributed by atoms with E-state index < -0.39 is 0 Å². The molecular formula is C28H35N3O. The van der Waals surface area contributed by atoms with E-state index in [9.17, 15) is 0 Å². The fourth-order valence-electron chi connectivity index (χ4n) is 6.71. The topological polar surface area (TPSA) is 28.6 Å². The van der Waals surface area contributed by atoms with E-state index in [0.29, 0.717) is 0 Å². The summed E-state index contributed by atoms with van der Waals surface area (Å²) < 4.78 is 5.51. The van der Waals surface area contributed by atoms with E-state index in [1.54, 1.807) is 0 Å². The Kier molecular flexibility index (Phi) is 5.62. The van der Waals surface area contributed by atoms with Crippen LogP contribution in [0, 0.1) is 11.8 Å². The molecule has 4 nitrogen and oxygen atoms in total. The predicted octanol–water partition coefficient (Wildman–Crippen LogP) is 4.47. The summed E-state index contributed by atoms with van der Waals surface area (Å²) in [6, 6.07) is 11.6. The van der Waals surface area contributed by atoms with Gasteiger partial charge in [-0.2, -0.15) is 0 Å². The zero-order chi connectivity index (χ0) is 21.5. The molecule has 1 aromatic heterocycles. The lowest BCUT2D eigenvalue weighted by atomic mass is 9.70. The average Bonchev–Trinajstić information content (AvgIpc) is 3.21. The van der Waals surface area contributed by atoms with Crippen molar-refractivity contribution in [3.63, 3.8) is 0 Å². The summed E-state index contributed by atoms with van der Waals surface area (Å²) >= 11 is 0. The van der Waals surface area contributed by atoms with Gasteiger partial charge in [0.15, 0.2) is 0 Å². The summed E-state index contributed by atoms with van der Waals surface area (Å²) in [5, 5.41) is 0. The quantitative estimate of drug-likeness (QED) is 0.717. The number of hydrogen-bond donors (Lipinski definition) is 0. The SMILES string of the molecule is CN1CC2CC(CC(c3ccc(-c4nccc5c4C=C(CN4CCOCC4)C5)cc3)C2)C1. The summed E-state index contributed by atoms with van der Waals surface area (Å²) in [6.45, 7) is 7.42. The van der Waals surface area contributed by atoms with E-state index >= 15 is 0 Å². The van der Waals surface area contributed by atoms with Crippen LogP contribution in [0.4, 0.5) is 0 Å². The summed E-state index contributed by atoms with van der Waals surface area (Å²) in [6.07, 6.45) is 9.60. The molecule has 3 heterocycles. The first kappa shape index (κ1) is 20.6. The van der Waals surface area contributed by atoms with Crippen molar-refractivity contribution in [3.05, 3.63) is 58.8 Å². The molecule has 0 radical (unpaired) electrons. The third kappa shape index (κ3) is 4.16. The molecule has 2 aliphatic heterocycles. The van der Waals surface area contributed by atoms with Crippen molar-refractivity contribution in [1.82, 2.24) is 14.8 Å². The number of aromatic nitrogens is 1. The molecule has 4 heteroatoms. The van der Waals surface area contributed by atoms with Gasteiger partial charge in [-0.05, 0) is 67.7 Å². The lowest BCUT2D eigenvalue weighted by molar-refractivity contribution is 0.0422. The smallest absolute Gasteiger partial charge is 0.0777 e. The lowest BCUT2D eigenvalue weighted by Gasteiger charge is -2.43. The highest BCUT2D eigenvalue weighted by Gasteiger charge is 2.34. The molecule has 0 amide bonds. The van der Waals surface area contributed by atoms with Gasteiger partial charge >= 0.3 is 0 Å². The van der Waals surface area contributed by atoms with E-state index in [1.807, 2.05) is 6.20 Å². The Morgan fingerprint density at radius 1 is 0.969 bits per heavy atom. The summed E-state index contributed by atoms with van der Waals surface area (Å²) in [5.41, 5.74) is 8.19. The van der Waals surface area contributed by atoms with Crippen molar-refractivity contribution in [3.8, 4) is 11.3 Å². The average molecular weight is 430 g/mol. The minimum absolute atomic E-state index is 0.732. The minimum atomic E-state index is 0.732. The van der Waals surface area contributed by atoms with Crippen LogP contribution in [0.3, 0.4) is 0 Å². The monoisotopic (exact) mass is 429 g/mol. The molecule has 2 atom stereocenters. The van der Waals surface area contributed by atoms with Crippen molar-refractivity contribution >= 4 is 6.08 Å². The molecule has 2 saturated heterocycles. The first-order valence-electron chi connectivity index (χ1n) is 12.5. The van der Waals surface area contributed by atoms with Crippen molar-refractivity contribution in [2.24, 2.45) is 11.8 Å². The van der Waals surface area contributed by atoms with Crippen LogP contribution in [-0.4, -0.2) is 67.8 Å². The number of benzene rings is 1. The van der Waals surface area contributed by atoms with Crippen molar-refractivity contribution in [2.75, 3.05) is 53.0 Å². The molecule has 1 saturated carbocycles. The number of hydrogen-bond acceptors (Lipinski definition) is 4. The maximum Gasteiger partial charge on any atom is 0.0777 e. The van der Waals surface area contributed by atoms with E-state index in [2.05, 4.69) is 53.3 Å². The number of piperidine rings is 1. The van der Waals surface area contributed by atoms with Crippen LogP contribution in [-0.2, 0) is 11.2 Å². The van der Waals surface area contributed by atoms with Crippen molar-refractivity contribution < 1.29 is 4.74 Å². The van der Waals surface area contributed by atoms with Gasteiger partial charge in [-0.1, -0.05) is 35.9 Å². The highest BCUT2D eigenvalue weighted by molar-refractivity contribution is 5.78. The van der Waals surface area contributed by atoms with E-state index in [-0.39, 0.29) is 0 Å². The number of ether oxygens (including phenoxy) is 1. The fourth-order valence-corrected chi connectivity index (χ4v) is 6.71. The second-order valence-electron chi connectivity index (χ2n) is 10.6. The molecule has 32 heavy (non-hydrogen) atoms. The van der Waals surface area contributed by atoms with Gasteiger partial charge in [-0.3, -0.25) is 9.88 Å². The third-order valence-corrected chi connectivity index (χ3v) is 8.07. The molecule has 0 N–H and O–H groups in total. The van der Waals surface area contributed by atoms with Gasteiger partial charge in [-0.25, -0.2) is 0 Å². The predicted molar refractivity (Wildman–Crippen MR) is 130 cm³/mol. The lowest BCUT2D eigenvalue weighted by Crippen LogP contribution is -2.42. The van der Waals surface area contributed by atoms with Crippen LogP contribution in [0.1, 0.15) is 41.9 Å². The molecule has 2 unspecified atom stereocenters. The van der Waals surface area contributed by atoms with Gasteiger partial charge in [0.05, 0.1) is 18.9 Å². The zero-order valence-electron chi connectivity index (χ0n) is 19.3. The Morgan fingerprint density at radius 2 is 1.72 bits per heavy atom. The highest BCUT2D eigenvalue weighted by atomic mass is 16.5. The van der Waals surface area contributed by atoms with Crippen LogP contribution < -0.4 is 0 Å². The summed E-state index contributed by atoms with van der Waals surface area (Å²) in [7, 11) is 2.29. The maximum atomic E-state index is 5.51. The van der Waals surface area contributed by atoms with E-state index in [1.165, 1.54) is 60.2 Å². The normalized spacial score (nSPS) is 28.4. The van der Waals surface area contributed by atoms with Crippen LogP contribution in [0.15, 0.2) is 42.1 Å². The Morgan fingerprint density at radius 3 is 2.47 bits per heavy atom. The zero-order valence-corrected chi connectivity index (χ0v) is 19.3. The number of rotatable bonds is 4. The first-order valence-corrected chi connectivity index (χ1v) is 12.5. The number of pyridine rings is 1. The standard InChI is InChI=1S/C28H35N3O/c1-30-17-20-12-21(18-30)15-26(14-20)23-2-4-24(5-3-23)28-27-16-22(13-25(27)6-7-29-28)19-31-8-10-32-11-9-31/h2-7,16,20-21,26H,8-15,17-19H2,1H3. The molecule has 168 valence electrons. The van der Waals surface area contributed by atoms with E-state index in [0.717, 1.165) is 62.7 Å². The minimum Gasteiger partial charge on any atom is -0.379 e. The van der Waals surface area contributed by atoms with Gasteiger partial charge < -0.3 is 9.64 Å². The van der Waals surface area contributed by atoms with Crippen LogP contribution in [0.2, 0.25) is 0 Å². The van der Waals surface area contributed by atoms with Crippen LogP contribution >= 0.6 is 0 Å². The number of likely N-dealkylation sites (tertiary alicyclic amines) is 1. The van der Waals surface area contributed by atoms with Gasteiger partial charge in [0.2, 0.25) is 0 Å². The molecule has 2 bridgehead atoms. The third-order valence-electron chi connectivity index (χ3n) is 8.07. The highest BCUT2D eigenvalue weighted by Crippen LogP contribution is 2.43. The first-order chi connectivity index (χ1) is 15.7. The molecule has 1 aromatic carbocycles. The molecule has 6 rings (SSSR count). The maximum absolute atomic E-state index is 5.51. The van der Waals surface area contributed by atoms with E-state index in [4.69, 9.17) is 9.72 Å². The number of morpholine rings is 1. The van der Waals surface area contributed by atoms with Crippen LogP contribution in [0.5, 0.6) is 0 Å². The van der Waals surface area contributed by atoms with Gasteiger partial charge in [0.25, 0.3) is 0 Å².